The number of aliphatic hydroxyl groups is 1. The van der Waals surface area contributed by atoms with Gasteiger partial charge in [0.1, 0.15) is 24.7 Å². The highest BCUT2D eigenvalue weighted by molar-refractivity contribution is 5.88. The molecule has 1 heterocycles. The lowest BCUT2D eigenvalue weighted by Gasteiger charge is -2.11. The van der Waals surface area contributed by atoms with Crippen LogP contribution in [0.4, 0.5) is 14.5 Å². The second-order valence-electron chi connectivity index (χ2n) is 6.71. The van der Waals surface area contributed by atoms with Crippen LogP contribution in [-0.4, -0.2) is 36.5 Å². The van der Waals surface area contributed by atoms with Gasteiger partial charge in [-0.2, -0.15) is 0 Å². The summed E-state index contributed by atoms with van der Waals surface area (Å²) in [5, 5.41) is 17.9. The Morgan fingerprint density at radius 1 is 1.06 bits per heavy atom. The molecule has 3 aromatic rings. The maximum absolute atomic E-state index is 13.5. The molecule has 0 spiro atoms. The summed E-state index contributed by atoms with van der Waals surface area (Å²) in [6, 6.07) is 13.9. The third kappa shape index (κ3) is 6.01. The Hall–Kier alpha value is -4.05. The summed E-state index contributed by atoms with van der Waals surface area (Å²) in [7, 11) is 2.47. The van der Waals surface area contributed by atoms with Crippen molar-refractivity contribution in [1.29, 1.82) is 0 Å². The van der Waals surface area contributed by atoms with Gasteiger partial charge in [-0.1, -0.05) is 30.3 Å². The Labute approximate surface area is 188 Å². The number of carbonyl (C=O) groups excluding carboxylic acids is 1. The molecule has 0 amide bonds. The standard InChI is InChI=1S/C23H21F2N3O5/c1-31-14-20(29)22(23(30)32-2)27-26-19-9-8-16(28-11-17(24)18(25)12-28)10-21(19)33-13-15-6-4-3-5-7-15/h3-12,29H,13-14H2,1-2H3. The molecule has 0 atom stereocenters. The zero-order valence-electron chi connectivity index (χ0n) is 17.9. The van der Waals surface area contributed by atoms with E-state index in [0.717, 1.165) is 25.1 Å². The fourth-order valence-electron chi connectivity index (χ4n) is 2.77. The fraction of sp³-hybridized carbons (Fsp3) is 0.174. The van der Waals surface area contributed by atoms with Crippen LogP contribution in [0.5, 0.6) is 5.75 Å². The SMILES string of the molecule is COCC(O)=C(N=Nc1ccc(-n2cc(F)c(F)c2)cc1OCc1ccccc1)C(=O)OC. The van der Waals surface area contributed by atoms with Crippen molar-refractivity contribution in [3.63, 3.8) is 0 Å². The summed E-state index contributed by atoms with van der Waals surface area (Å²) in [5.74, 6) is -3.13. The lowest BCUT2D eigenvalue weighted by molar-refractivity contribution is -0.136. The lowest BCUT2D eigenvalue weighted by atomic mass is 10.2. The first-order valence-corrected chi connectivity index (χ1v) is 9.68. The molecule has 0 fully saturated rings. The van der Waals surface area contributed by atoms with Crippen LogP contribution in [0, 0.1) is 11.6 Å². The van der Waals surface area contributed by atoms with Crippen molar-refractivity contribution in [3.05, 3.63) is 89.6 Å². The first-order chi connectivity index (χ1) is 15.9. The molecule has 1 N–H and O–H groups in total. The van der Waals surface area contributed by atoms with Crippen molar-refractivity contribution in [3.8, 4) is 11.4 Å². The Balaban J connectivity index is 1.98. The largest absolute Gasteiger partial charge is 0.507 e. The third-order valence-electron chi connectivity index (χ3n) is 4.40. The number of hydrogen-bond donors (Lipinski definition) is 1. The van der Waals surface area contributed by atoms with Crippen LogP contribution >= 0.6 is 0 Å². The number of hydrogen-bond acceptors (Lipinski definition) is 7. The number of ether oxygens (including phenoxy) is 3. The summed E-state index contributed by atoms with van der Waals surface area (Å²) in [5.41, 5.74) is 1.05. The van der Waals surface area contributed by atoms with Crippen LogP contribution in [0.1, 0.15) is 5.56 Å². The average Bonchev–Trinajstić information content (AvgIpc) is 3.17. The molecule has 0 saturated carbocycles. The number of carbonyl (C=O) groups is 1. The Bertz CT molecular complexity index is 1160. The number of aliphatic hydroxyl groups excluding tert-OH is 1. The van der Waals surface area contributed by atoms with Gasteiger partial charge in [0.15, 0.2) is 17.4 Å². The van der Waals surface area contributed by atoms with E-state index in [1.54, 1.807) is 6.07 Å². The molecular weight excluding hydrogens is 436 g/mol. The number of nitrogens with zero attached hydrogens (tertiary/aromatic N) is 3. The topological polar surface area (TPSA) is 94.6 Å². The fourth-order valence-corrected chi connectivity index (χ4v) is 2.77. The molecule has 0 aliphatic rings. The second-order valence-corrected chi connectivity index (χ2v) is 6.71. The summed E-state index contributed by atoms with van der Waals surface area (Å²) >= 11 is 0. The summed E-state index contributed by atoms with van der Waals surface area (Å²) in [4.78, 5) is 12.0. The molecule has 8 nitrogen and oxygen atoms in total. The molecule has 172 valence electrons. The van der Waals surface area contributed by atoms with E-state index in [4.69, 9.17) is 9.47 Å². The van der Waals surface area contributed by atoms with E-state index in [1.165, 1.54) is 23.8 Å². The Morgan fingerprint density at radius 3 is 2.39 bits per heavy atom. The maximum atomic E-state index is 13.5. The van der Waals surface area contributed by atoms with E-state index in [9.17, 15) is 18.7 Å². The normalized spacial score (nSPS) is 12.0. The molecule has 0 radical (unpaired) electrons. The van der Waals surface area contributed by atoms with E-state index in [0.29, 0.717) is 5.69 Å². The lowest BCUT2D eigenvalue weighted by Crippen LogP contribution is -2.08. The van der Waals surface area contributed by atoms with Crippen molar-refractivity contribution in [2.24, 2.45) is 10.2 Å². The Kier molecular flexibility index (Phi) is 7.87. The van der Waals surface area contributed by atoms with E-state index in [-0.39, 0.29) is 24.7 Å². The van der Waals surface area contributed by atoms with Crippen LogP contribution < -0.4 is 4.74 Å². The second kappa shape index (κ2) is 11.0. The van der Waals surface area contributed by atoms with Gasteiger partial charge < -0.3 is 23.9 Å². The number of methoxy groups -OCH3 is 2. The molecule has 10 heteroatoms. The molecule has 2 aromatic carbocycles. The van der Waals surface area contributed by atoms with Crippen molar-refractivity contribution < 1.29 is 32.9 Å². The smallest absolute Gasteiger partial charge is 0.362 e. The highest BCUT2D eigenvalue weighted by Crippen LogP contribution is 2.32. The van der Waals surface area contributed by atoms with Crippen LogP contribution in [0.2, 0.25) is 0 Å². The molecule has 1 aromatic heterocycles. The minimum atomic E-state index is -0.994. The van der Waals surface area contributed by atoms with Crippen molar-refractivity contribution in [2.75, 3.05) is 20.8 Å². The first-order valence-electron chi connectivity index (χ1n) is 9.68. The van der Waals surface area contributed by atoms with E-state index < -0.39 is 29.1 Å². The van der Waals surface area contributed by atoms with Crippen LogP contribution in [-0.2, 0) is 20.9 Å². The molecular formula is C23H21F2N3O5. The van der Waals surface area contributed by atoms with E-state index in [1.807, 2.05) is 30.3 Å². The molecule has 0 saturated heterocycles. The number of esters is 1. The third-order valence-corrected chi connectivity index (χ3v) is 4.40. The van der Waals surface area contributed by atoms with Gasteiger partial charge in [0.2, 0.25) is 5.70 Å². The molecule has 3 rings (SSSR count). The summed E-state index contributed by atoms with van der Waals surface area (Å²) in [6.07, 6.45) is 1.99. The highest BCUT2D eigenvalue weighted by Gasteiger charge is 2.17. The van der Waals surface area contributed by atoms with Crippen molar-refractivity contribution in [2.45, 2.75) is 6.61 Å². The van der Waals surface area contributed by atoms with Gasteiger partial charge in [-0.05, 0) is 17.7 Å². The number of aromatic nitrogens is 1. The van der Waals surface area contributed by atoms with Gasteiger partial charge in [0.25, 0.3) is 0 Å². The van der Waals surface area contributed by atoms with Gasteiger partial charge in [-0.15, -0.1) is 10.2 Å². The number of halogens is 2. The van der Waals surface area contributed by atoms with E-state index in [2.05, 4.69) is 15.0 Å². The first kappa shape index (κ1) is 23.6. The number of rotatable bonds is 9. The molecule has 0 bridgehead atoms. The van der Waals surface area contributed by atoms with Gasteiger partial charge in [-0.3, -0.25) is 0 Å². The highest BCUT2D eigenvalue weighted by atomic mass is 19.2. The molecule has 0 unspecified atom stereocenters. The minimum absolute atomic E-state index is 0.176. The van der Waals surface area contributed by atoms with Gasteiger partial charge in [-0.25, -0.2) is 13.6 Å². The average molecular weight is 457 g/mol. The minimum Gasteiger partial charge on any atom is -0.507 e. The van der Waals surface area contributed by atoms with Crippen molar-refractivity contribution >= 4 is 11.7 Å². The van der Waals surface area contributed by atoms with Crippen LogP contribution in [0.15, 0.2) is 82.6 Å². The zero-order valence-corrected chi connectivity index (χ0v) is 17.9. The summed E-state index contributed by atoms with van der Waals surface area (Å²) in [6.45, 7) is -0.0969. The number of azo groups is 1. The van der Waals surface area contributed by atoms with Crippen LogP contribution in [0.25, 0.3) is 5.69 Å². The molecule has 0 aliphatic carbocycles. The van der Waals surface area contributed by atoms with Gasteiger partial charge in [0, 0.05) is 31.3 Å². The van der Waals surface area contributed by atoms with Crippen LogP contribution in [0.3, 0.4) is 0 Å². The zero-order chi connectivity index (χ0) is 23.8. The predicted molar refractivity (Wildman–Crippen MR) is 115 cm³/mol. The predicted octanol–water partition coefficient (Wildman–Crippen LogP) is 5.01. The molecule has 33 heavy (non-hydrogen) atoms. The maximum Gasteiger partial charge on any atom is 0.362 e. The number of benzene rings is 2. The monoisotopic (exact) mass is 457 g/mol. The quantitative estimate of drug-likeness (QED) is 0.211. The summed E-state index contributed by atoms with van der Waals surface area (Å²) < 4.78 is 43.5. The van der Waals surface area contributed by atoms with E-state index >= 15 is 0 Å². The molecule has 0 aliphatic heterocycles. The van der Waals surface area contributed by atoms with Gasteiger partial charge >= 0.3 is 5.97 Å². The Morgan fingerprint density at radius 2 is 1.76 bits per heavy atom. The van der Waals surface area contributed by atoms with Gasteiger partial charge in [0.05, 0.1) is 7.11 Å². The van der Waals surface area contributed by atoms with Crippen molar-refractivity contribution in [1.82, 2.24) is 4.57 Å².